The molecule has 188 valence electrons. The molecule has 2 N–H and O–H groups in total. The van der Waals surface area contributed by atoms with Gasteiger partial charge < -0.3 is 19.8 Å². The Hall–Kier alpha value is -3.12. The molecule has 1 unspecified atom stereocenters. The standard InChI is InChI=1S/C28H31N3O4S/c1-35-21-6-7-26-24(16-21)23(9-11-30-26)27(32)8-5-20-10-12-31(18-25(20)28(33)34)13-14-36-22-4-2-3-19(15-22)17-29/h2-4,6-7,9,11,15-16,20,25,27,32H,5,8,10,12-14,18H2,1H3,(H,33,34)/t20-,25+,27?/m1/s1. The van der Waals surface area contributed by atoms with E-state index in [9.17, 15) is 15.0 Å². The first-order chi connectivity index (χ1) is 17.5. The van der Waals surface area contributed by atoms with Crippen molar-refractivity contribution in [3.8, 4) is 11.8 Å². The Labute approximate surface area is 215 Å². The molecule has 0 spiro atoms. The summed E-state index contributed by atoms with van der Waals surface area (Å²) in [4.78, 5) is 19.7. The molecular weight excluding hydrogens is 474 g/mol. The van der Waals surface area contributed by atoms with E-state index in [-0.39, 0.29) is 5.92 Å². The molecule has 1 fully saturated rings. The number of thioether (sulfide) groups is 1. The van der Waals surface area contributed by atoms with E-state index in [1.165, 1.54) is 0 Å². The van der Waals surface area contributed by atoms with Gasteiger partial charge in [0.1, 0.15) is 5.75 Å². The Morgan fingerprint density at radius 2 is 2.17 bits per heavy atom. The molecule has 1 aliphatic heterocycles. The van der Waals surface area contributed by atoms with E-state index in [0.29, 0.717) is 30.7 Å². The summed E-state index contributed by atoms with van der Waals surface area (Å²) in [7, 11) is 1.61. The molecule has 1 aliphatic rings. The first-order valence-electron chi connectivity index (χ1n) is 12.2. The number of nitrogens with zero attached hydrogens (tertiary/aromatic N) is 3. The zero-order chi connectivity index (χ0) is 25.5. The van der Waals surface area contributed by atoms with E-state index in [4.69, 9.17) is 10.00 Å². The van der Waals surface area contributed by atoms with Crippen LogP contribution in [0, 0.1) is 23.2 Å². The Bertz CT molecular complexity index is 1240. The second kappa shape index (κ2) is 12.2. The highest BCUT2D eigenvalue weighted by atomic mass is 32.2. The summed E-state index contributed by atoms with van der Waals surface area (Å²) in [5, 5.41) is 30.8. The Balaban J connectivity index is 1.33. The molecule has 0 aliphatic carbocycles. The van der Waals surface area contributed by atoms with Gasteiger partial charge in [-0.25, -0.2) is 0 Å². The zero-order valence-corrected chi connectivity index (χ0v) is 21.2. The number of hydrogen-bond acceptors (Lipinski definition) is 7. The Morgan fingerprint density at radius 3 is 2.94 bits per heavy atom. The van der Waals surface area contributed by atoms with E-state index >= 15 is 0 Å². The molecule has 2 aromatic carbocycles. The van der Waals surface area contributed by atoms with E-state index in [0.717, 1.165) is 46.6 Å². The van der Waals surface area contributed by atoms with Crippen molar-refractivity contribution < 1.29 is 19.7 Å². The number of fused-ring (bicyclic) bond motifs is 1. The fourth-order valence-electron chi connectivity index (χ4n) is 4.94. The smallest absolute Gasteiger partial charge is 0.308 e. The van der Waals surface area contributed by atoms with Gasteiger partial charge in [-0.2, -0.15) is 5.26 Å². The lowest BCUT2D eigenvalue weighted by Gasteiger charge is -2.37. The van der Waals surface area contributed by atoms with Crippen LogP contribution < -0.4 is 4.74 Å². The fraction of sp³-hybridized carbons (Fsp3) is 0.393. The number of aliphatic hydroxyl groups excluding tert-OH is 1. The highest BCUT2D eigenvalue weighted by molar-refractivity contribution is 7.99. The van der Waals surface area contributed by atoms with E-state index in [2.05, 4.69) is 16.0 Å². The number of benzene rings is 2. The second-order valence-corrected chi connectivity index (χ2v) is 10.3. The van der Waals surface area contributed by atoms with Crippen LogP contribution in [-0.2, 0) is 4.79 Å². The summed E-state index contributed by atoms with van der Waals surface area (Å²) in [6, 6.07) is 17.1. The summed E-state index contributed by atoms with van der Waals surface area (Å²) in [6.07, 6.45) is 2.94. The largest absolute Gasteiger partial charge is 0.497 e. The molecular formula is C28H31N3O4S. The maximum Gasteiger partial charge on any atom is 0.308 e. The maximum absolute atomic E-state index is 12.1. The first-order valence-corrected chi connectivity index (χ1v) is 13.2. The summed E-state index contributed by atoms with van der Waals surface area (Å²) >= 11 is 1.68. The number of methoxy groups -OCH3 is 1. The van der Waals surface area contributed by atoms with Crippen LogP contribution in [0.25, 0.3) is 10.9 Å². The van der Waals surface area contributed by atoms with Gasteiger partial charge in [0.15, 0.2) is 0 Å². The van der Waals surface area contributed by atoms with Crippen LogP contribution in [0.15, 0.2) is 59.6 Å². The molecule has 36 heavy (non-hydrogen) atoms. The number of carbonyl (C=O) groups is 1. The van der Waals surface area contributed by atoms with Crippen LogP contribution >= 0.6 is 11.8 Å². The number of rotatable bonds is 10. The molecule has 0 radical (unpaired) electrons. The van der Waals surface area contributed by atoms with Crippen LogP contribution in [0.2, 0.25) is 0 Å². The van der Waals surface area contributed by atoms with Gasteiger partial charge in [0.2, 0.25) is 0 Å². The van der Waals surface area contributed by atoms with Crippen LogP contribution in [0.4, 0.5) is 0 Å². The van der Waals surface area contributed by atoms with E-state index in [1.54, 1.807) is 31.1 Å². The minimum absolute atomic E-state index is 0.0241. The molecule has 8 heteroatoms. The van der Waals surface area contributed by atoms with Crippen molar-refractivity contribution in [2.45, 2.75) is 30.3 Å². The minimum Gasteiger partial charge on any atom is -0.497 e. The molecule has 0 bridgehead atoms. The van der Waals surface area contributed by atoms with Gasteiger partial charge >= 0.3 is 5.97 Å². The van der Waals surface area contributed by atoms with Crippen molar-refractivity contribution in [1.29, 1.82) is 5.26 Å². The van der Waals surface area contributed by atoms with Crippen molar-refractivity contribution in [3.05, 3.63) is 65.9 Å². The topological polar surface area (TPSA) is 107 Å². The summed E-state index contributed by atoms with van der Waals surface area (Å²) in [6.45, 7) is 2.16. The monoisotopic (exact) mass is 505 g/mol. The van der Waals surface area contributed by atoms with Gasteiger partial charge in [-0.3, -0.25) is 9.78 Å². The average Bonchev–Trinajstić information content (AvgIpc) is 2.91. The number of likely N-dealkylation sites (tertiary alicyclic amines) is 1. The highest BCUT2D eigenvalue weighted by Gasteiger charge is 2.34. The van der Waals surface area contributed by atoms with Crippen molar-refractivity contribution in [3.63, 3.8) is 0 Å². The zero-order valence-electron chi connectivity index (χ0n) is 20.3. The number of piperidine rings is 1. The second-order valence-electron chi connectivity index (χ2n) is 9.16. The molecule has 3 atom stereocenters. The molecule has 1 aromatic heterocycles. The van der Waals surface area contributed by atoms with E-state index in [1.807, 2.05) is 42.5 Å². The third-order valence-corrected chi connectivity index (χ3v) is 7.92. The Kier molecular flexibility index (Phi) is 8.81. The van der Waals surface area contributed by atoms with Gasteiger partial charge in [0, 0.05) is 35.3 Å². The number of hydrogen-bond donors (Lipinski definition) is 2. The first kappa shape index (κ1) is 26.0. The molecule has 1 saturated heterocycles. The van der Waals surface area contributed by atoms with Crippen LogP contribution in [0.5, 0.6) is 5.75 Å². The quantitative estimate of drug-likeness (QED) is 0.381. The molecule has 7 nitrogen and oxygen atoms in total. The summed E-state index contributed by atoms with van der Waals surface area (Å²) < 4.78 is 5.33. The van der Waals surface area contributed by atoms with Crippen LogP contribution in [0.3, 0.4) is 0 Å². The molecule has 2 heterocycles. The van der Waals surface area contributed by atoms with Crippen molar-refractivity contribution in [1.82, 2.24) is 9.88 Å². The predicted molar refractivity (Wildman–Crippen MR) is 140 cm³/mol. The normalized spacial score (nSPS) is 19.0. The molecule has 0 amide bonds. The number of pyridine rings is 1. The number of aromatic nitrogens is 1. The molecule has 0 saturated carbocycles. The number of aliphatic carboxylic acids is 1. The SMILES string of the molecule is COc1ccc2nccc(C(O)CC[C@@H]3CCN(CCSc4cccc(C#N)c4)C[C@@H]3C(=O)O)c2c1. The third-order valence-electron chi connectivity index (χ3n) is 6.95. The van der Waals surface area contributed by atoms with Gasteiger partial charge in [0.05, 0.1) is 36.3 Å². The Morgan fingerprint density at radius 1 is 1.31 bits per heavy atom. The van der Waals surface area contributed by atoms with Gasteiger partial charge in [-0.05, 0) is 79.8 Å². The van der Waals surface area contributed by atoms with Crippen molar-refractivity contribution in [2.75, 3.05) is 32.5 Å². The molecule has 4 rings (SSSR count). The van der Waals surface area contributed by atoms with Crippen LogP contribution in [0.1, 0.15) is 36.5 Å². The predicted octanol–water partition coefficient (Wildman–Crippen LogP) is 4.74. The van der Waals surface area contributed by atoms with Crippen molar-refractivity contribution in [2.24, 2.45) is 11.8 Å². The van der Waals surface area contributed by atoms with E-state index < -0.39 is 18.0 Å². The lowest BCUT2D eigenvalue weighted by Crippen LogP contribution is -2.44. The van der Waals surface area contributed by atoms with Gasteiger partial charge in [-0.15, -0.1) is 11.8 Å². The lowest BCUT2D eigenvalue weighted by atomic mass is 9.81. The number of carboxylic acid groups (broad SMARTS) is 1. The van der Waals surface area contributed by atoms with Gasteiger partial charge in [0.25, 0.3) is 0 Å². The number of nitriles is 1. The number of aliphatic hydroxyl groups is 1. The highest BCUT2D eigenvalue weighted by Crippen LogP contribution is 2.34. The van der Waals surface area contributed by atoms with Gasteiger partial charge in [-0.1, -0.05) is 6.07 Å². The minimum atomic E-state index is -0.771. The molecule has 3 aromatic rings. The maximum atomic E-state index is 12.1. The number of ether oxygens (including phenoxy) is 1. The summed E-state index contributed by atoms with van der Waals surface area (Å²) in [5.74, 6) is 0.345. The fourth-order valence-corrected chi connectivity index (χ4v) is 5.91. The van der Waals surface area contributed by atoms with Crippen LogP contribution in [-0.4, -0.2) is 58.6 Å². The van der Waals surface area contributed by atoms with Crippen molar-refractivity contribution >= 4 is 28.6 Å². The number of carboxylic acids is 1. The average molecular weight is 506 g/mol. The third kappa shape index (κ3) is 6.35. The lowest BCUT2D eigenvalue weighted by molar-refractivity contribution is -0.146. The summed E-state index contributed by atoms with van der Waals surface area (Å²) in [5.41, 5.74) is 2.23.